The van der Waals surface area contributed by atoms with Crippen LogP contribution in [-0.4, -0.2) is 10.8 Å². The number of hydrogen-bond acceptors (Lipinski definition) is 4. The predicted molar refractivity (Wildman–Crippen MR) is 136 cm³/mol. The van der Waals surface area contributed by atoms with Gasteiger partial charge in [-0.3, -0.25) is 4.79 Å². The van der Waals surface area contributed by atoms with Crippen LogP contribution in [0.15, 0.2) is 78.2 Å². The summed E-state index contributed by atoms with van der Waals surface area (Å²) in [5.41, 5.74) is 5.88. The number of aromatic nitrogens is 1. The quantitative estimate of drug-likeness (QED) is 0.293. The van der Waals surface area contributed by atoms with Gasteiger partial charge in [-0.2, -0.15) is 0 Å². The minimum Gasteiger partial charge on any atom is -0.332 e. The minimum absolute atomic E-state index is 0.00835. The van der Waals surface area contributed by atoms with Crippen LogP contribution < -0.4 is 5.32 Å². The van der Waals surface area contributed by atoms with E-state index in [0.717, 1.165) is 38.8 Å². The van der Waals surface area contributed by atoms with Gasteiger partial charge in [-0.15, -0.1) is 11.3 Å². The number of rotatable bonds is 6. The van der Waals surface area contributed by atoms with Crippen LogP contribution in [0.5, 0.6) is 0 Å². The largest absolute Gasteiger partial charge is 0.332 e. The molecular weight excluding hydrogens is 436 g/mol. The van der Waals surface area contributed by atoms with Gasteiger partial charge in [-0.05, 0) is 40.8 Å². The Balaban J connectivity index is 1.42. The van der Waals surface area contributed by atoms with Gasteiger partial charge >= 0.3 is 0 Å². The summed E-state index contributed by atoms with van der Waals surface area (Å²) in [6.45, 7) is 6.25. The van der Waals surface area contributed by atoms with Gasteiger partial charge in [0, 0.05) is 33.6 Å². The molecule has 1 heterocycles. The zero-order valence-electron chi connectivity index (χ0n) is 18.4. The predicted octanol–water partition coefficient (Wildman–Crippen LogP) is 8.49. The molecule has 0 saturated carbocycles. The van der Waals surface area contributed by atoms with Gasteiger partial charge in [0.25, 0.3) is 0 Å². The molecule has 5 heteroatoms. The van der Waals surface area contributed by atoms with Crippen molar-refractivity contribution >= 4 is 39.5 Å². The molecule has 0 fully saturated rings. The first kappa shape index (κ1) is 22.3. The lowest BCUT2D eigenvalue weighted by atomic mass is 9.87. The lowest BCUT2D eigenvalue weighted by molar-refractivity contribution is 0.0940. The Hall–Kier alpha value is -2.95. The third-order valence-corrected chi connectivity index (χ3v) is 6.02. The van der Waals surface area contributed by atoms with Gasteiger partial charge in [-0.1, -0.05) is 80.9 Å². The monoisotopic (exact) mass is 460 g/mol. The molecule has 162 valence electrons. The topological polar surface area (TPSA) is 42.0 Å². The molecule has 0 aliphatic carbocycles. The van der Waals surface area contributed by atoms with E-state index < -0.39 is 0 Å². The highest BCUT2D eigenvalue weighted by Crippen LogP contribution is 2.29. The van der Waals surface area contributed by atoms with E-state index in [4.69, 9.17) is 11.6 Å². The Morgan fingerprint density at radius 3 is 2.03 bits per heavy atom. The van der Waals surface area contributed by atoms with Crippen LogP contribution in [0.1, 0.15) is 37.6 Å². The van der Waals surface area contributed by atoms with E-state index in [2.05, 4.69) is 43.2 Å². The second-order valence-corrected chi connectivity index (χ2v) is 10.3. The van der Waals surface area contributed by atoms with Crippen molar-refractivity contribution in [1.82, 2.24) is 4.98 Å². The zero-order chi connectivity index (χ0) is 22.7. The van der Waals surface area contributed by atoms with Crippen molar-refractivity contribution in [2.75, 3.05) is 5.32 Å². The summed E-state index contributed by atoms with van der Waals surface area (Å²) in [7, 11) is 0. The van der Waals surface area contributed by atoms with E-state index >= 15 is 0 Å². The van der Waals surface area contributed by atoms with Crippen LogP contribution in [0, 0.1) is 5.41 Å². The summed E-state index contributed by atoms with van der Waals surface area (Å²) >= 11 is 7.53. The summed E-state index contributed by atoms with van der Waals surface area (Å²) in [4.78, 5) is 17.1. The maximum Gasteiger partial charge on any atom is 0.187 e. The Kier molecular flexibility index (Phi) is 6.45. The second kappa shape index (κ2) is 9.27. The van der Waals surface area contributed by atoms with Crippen LogP contribution in [0.25, 0.3) is 22.4 Å². The Labute approximate surface area is 198 Å². The first-order valence-corrected chi connectivity index (χ1v) is 11.7. The fraction of sp³-hybridized carbons (Fsp3) is 0.185. The van der Waals surface area contributed by atoms with Gasteiger partial charge in [0.15, 0.2) is 10.9 Å². The molecule has 4 rings (SSSR count). The molecule has 1 aromatic heterocycles. The maximum absolute atomic E-state index is 12.4. The lowest BCUT2D eigenvalue weighted by Crippen LogP contribution is -2.12. The second-order valence-electron chi connectivity index (χ2n) is 8.99. The number of carbonyl (C=O) groups excluding carboxylic acids is 1. The molecule has 4 aromatic rings. The molecule has 1 N–H and O–H groups in total. The number of thiazole rings is 1. The van der Waals surface area contributed by atoms with Gasteiger partial charge < -0.3 is 5.32 Å². The van der Waals surface area contributed by atoms with E-state index in [1.807, 2.05) is 66.0 Å². The third-order valence-electron chi connectivity index (χ3n) is 5.01. The fourth-order valence-electron chi connectivity index (χ4n) is 3.39. The maximum atomic E-state index is 12.4. The van der Waals surface area contributed by atoms with Crippen LogP contribution >= 0.6 is 22.9 Å². The van der Waals surface area contributed by atoms with Gasteiger partial charge in [0.2, 0.25) is 0 Å². The number of benzene rings is 3. The van der Waals surface area contributed by atoms with Gasteiger partial charge in [-0.25, -0.2) is 4.98 Å². The zero-order valence-corrected chi connectivity index (χ0v) is 19.9. The molecule has 0 unspecified atom stereocenters. The number of carbonyl (C=O) groups is 1. The van der Waals surface area contributed by atoms with E-state index in [1.165, 1.54) is 0 Å². The number of ketones is 1. The highest BCUT2D eigenvalue weighted by molar-refractivity contribution is 7.14. The summed E-state index contributed by atoms with van der Waals surface area (Å²) in [6, 6.07) is 23.8. The SMILES string of the molecule is CC(C)(C)CC(=O)c1ccc(-c2ccc(Nc3nc(-c4ccc(Cl)cc4)cs3)cc2)cc1. The number of nitrogens with one attached hydrogen (secondary N) is 1. The summed E-state index contributed by atoms with van der Waals surface area (Å²) in [5.74, 6) is 0.185. The molecule has 32 heavy (non-hydrogen) atoms. The number of Topliss-reactive ketones (excluding diaryl/α,β-unsaturated/α-hetero) is 1. The first-order valence-electron chi connectivity index (χ1n) is 10.5. The number of hydrogen-bond donors (Lipinski definition) is 1. The summed E-state index contributed by atoms with van der Waals surface area (Å²) in [6.07, 6.45) is 0.545. The standard InChI is InChI=1S/C27H25ClN2OS/c1-27(2,3)16-25(31)21-6-4-18(5-7-21)19-10-14-23(15-11-19)29-26-30-24(17-32-26)20-8-12-22(28)13-9-20/h4-15,17H,16H2,1-3H3,(H,29,30). The van der Waals surface area contributed by atoms with E-state index in [9.17, 15) is 4.79 Å². The minimum atomic E-state index is -0.00835. The Morgan fingerprint density at radius 1 is 0.875 bits per heavy atom. The molecule has 0 saturated heterocycles. The molecule has 0 aliphatic rings. The van der Waals surface area contributed by atoms with Crippen LogP contribution in [-0.2, 0) is 0 Å². The van der Waals surface area contributed by atoms with E-state index in [0.29, 0.717) is 11.4 Å². The number of nitrogens with zero attached hydrogens (tertiary/aromatic N) is 1. The summed E-state index contributed by atoms with van der Waals surface area (Å²) in [5, 5.41) is 6.95. The molecule has 0 amide bonds. The van der Waals surface area contributed by atoms with Gasteiger partial charge in [0.05, 0.1) is 5.69 Å². The smallest absolute Gasteiger partial charge is 0.187 e. The summed E-state index contributed by atoms with van der Waals surface area (Å²) < 4.78 is 0. The van der Waals surface area contributed by atoms with Crippen molar-refractivity contribution in [3.05, 3.63) is 88.8 Å². The normalized spacial score (nSPS) is 11.4. The molecular formula is C27H25ClN2OS. The van der Waals surface area contributed by atoms with Crippen molar-refractivity contribution in [2.45, 2.75) is 27.2 Å². The number of anilines is 2. The first-order chi connectivity index (χ1) is 15.3. The third kappa shape index (κ3) is 5.64. The van der Waals surface area contributed by atoms with Crippen molar-refractivity contribution < 1.29 is 4.79 Å². The van der Waals surface area contributed by atoms with Crippen molar-refractivity contribution in [1.29, 1.82) is 0 Å². The average Bonchev–Trinajstić information content (AvgIpc) is 3.22. The highest BCUT2D eigenvalue weighted by atomic mass is 35.5. The molecule has 3 aromatic carbocycles. The molecule has 3 nitrogen and oxygen atoms in total. The van der Waals surface area contributed by atoms with Crippen molar-refractivity contribution in [2.24, 2.45) is 5.41 Å². The molecule has 0 radical (unpaired) electrons. The Bertz CT molecular complexity index is 1200. The van der Waals surface area contributed by atoms with E-state index in [-0.39, 0.29) is 11.2 Å². The number of halogens is 1. The van der Waals surface area contributed by atoms with Crippen LogP contribution in [0.2, 0.25) is 5.02 Å². The highest BCUT2D eigenvalue weighted by Gasteiger charge is 2.17. The molecule has 0 aliphatic heterocycles. The van der Waals surface area contributed by atoms with E-state index in [1.54, 1.807) is 11.3 Å². The Morgan fingerprint density at radius 2 is 1.44 bits per heavy atom. The molecule has 0 spiro atoms. The molecule has 0 bridgehead atoms. The van der Waals surface area contributed by atoms with Gasteiger partial charge in [0.1, 0.15) is 0 Å². The lowest BCUT2D eigenvalue weighted by Gasteiger charge is -2.16. The van der Waals surface area contributed by atoms with Crippen LogP contribution in [0.4, 0.5) is 10.8 Å². The fourth-order valence-corrected chi connectivity index (χ4v) is 4.25. The van der Waals surface area contributed by atoms with Crippen LogP contribution in [0.3, 0.4) is 0 Å². The van der Waals surface area contributed by atoms with Crippen molar-refractivity contribution in [3.8, 4) is 22.4 Å². The van der Waals surface area contributed by atoms with Crippen molar-refractivity contribution in [3.63, 3.8) is 0 Å². The average molecular weight is 461 g/mol. The molecule has 0 atom stereocenters.